The van der Waals surface area contributed by atoms with Crippen molar-refractivity contribution in [2.24, 2.45) is 0 Å². The third-order valence-electron chi connectivity index (χ3n) is 7.92. The monoisotopic (exact) mass is 526 g/mol. The van der Waals surface area contributed by atoms with E-state index in [-0.39, 0.29) is 17.7 Å². The van der Waals surface area contributed by atoms with Gasteiger partial charge in [-0.05, 0) is 98.8 Å². The van der Waals surface area contributed by atoms with Gasteiger partial charge in [0.05, 0.1) is 17.7 Å². The van der Waals surface area contributed by atoms with Crippen molar-refractivity contribution >= 4 is 0 Å². The summed E-state index contributed by atoms with van der Waals surface area (Å²) in [6, 6.07) is 7.65. The molecule has 2 aromatic rings. The van der Waals surface area contributed by atoms with Gasteiger partial charge in [-0.2, -0.15) is 26.3 Å². The number of rotatable bonds is 6. The highest BCUT2D eigenvalue weighted by Gasteiger charge is 2.41. The first kappa shape index (κ1) is 26.4. The van der Waals surface area contributed by atoms with E-state index < -0.39 is 29.4 Å². The van der Waals surface area contributed by atoms with Gasteiger partial charge in [0.15, 0.2) is 0 Å². The summed E-state index contributed by atoms with van der Waals surface area (Å²) in [7, 11) is 0. The number of fused-ring (bicyclic) bond motifs is 3. The number of nitrogens with zero attached hydrogens (tertiary/aromatic N) is 2. The van der Waals surface area contributed by atoms with E-state index in [1.165, 1.54) is 19.3 Å². The van der Waals surface area contributed by atoms with Crippen LogP contribution in [0.1, 0.15) is 78.3 Å². The summed E-state index contributed by atoms with van der Waals surface area (Å²) in [4.78, 5) is 4.63. The van der Waals surface area contributed by atoms with Crippen molar-refractivity contribution in [2.45, 2.75) is 62.8 Å². The Morgan fingerprint density at radius 1 is 0.784 bits per heavy atom. The van der Waals surface area contributed by atoms with Crippen molar-refractivity contribution in [1.29, 1.82) is 0 Å². The molecule has 37 heavy (non-hydrogen) atoms. The van der Waals surface area contributed by atoms with Crippen molar-refractivity contribution in [3.05, 3.63) is 64.2 Å². The summed E-state index contributed by atoms with van der Waals surface area (Å²) < 4.78 is 87.3. The Labute approximate surface area is 213 Å². The van der Waals surface area contributed by atoms with Gasteiger partial charge in [0, 0.05) is 25.0 Å². The highest BCUT2D eigenvalue weighted by atomic mass is 19.4. The lowest BCUT2D eigenvalue weighted by Gasteiger charge is -2.38. The summed E-state index contributed by atoms with van der Waals surface area (Å²) in [5.74, 6) is 0.116. The number of hydrogen-bond donors (Lipinski definition) is 0. The SMILES string of the molecule is FC(F)(F)c1cc([C@H]2CN3CCC[C@H]3c3cc(OCCCN4CCCCC4)ccc32)cc(C(F)(F)F)c1. The Balaban J connectivity index is 1.40. The topological polar surface area (TPSA) is 15.7 Å². The summed E-state index contributed by atoms with van der Waals surface area (Å²) in [5.41, 5.74) is -0.749. The summed E-state index contributed by atoms with van der Waals surface area (Å²) >= 11 is 0. The van der Waals surface area contributed by atoms with Gasteiger partial charge < -0.3 is 9.64 Å². The second-order valence-electron chi connectivity index (χ2n) is 10.4. The molecule has 3 aliphatic rings. The predicted molar refractivity (Wildman–Crippen MR) is 129 cm³/mol. The molecule has 2 fully saturated rings. The molecule has 0 aliphatic carbocycles. The molecule has 0 bridgehead atoms. The Bertz CT molecular complexity index is 1060. The van der Waals surface area contributed by atoms with Crippen LogP contribution in [0.4, 0.5) is 26.3 Å². The fraction of sp³-hybridized carbons (Fsp3) is 0.571. The minimum Gasteiger partial charge on any atom is -0.494 e. The molecule has 9 heteroatoms. The van der Waals surface area contributed by atoms with Crippen LogP contribution < -0.4 is 4.74 Å². The van der Waals surface area contributed by atoms with Crippen molar-refractivity contribution in [2.75, 3.05) is 39.3 Å². The van der Waals surface area contributed by atoms with Gasteiger partial charge >= 0.3 is 12.4 Å². The predicted octanol–water partition coefficient (Wildman–Crippen LogP) is 7.26. The van der Waals surface area contributed by atoms with Gasteiger partial charge in [-0.15, -0.1) is 0 Å². The zero-order chi connectivity index (χ0) is 26.2. The van der Waals surface area contributed by atoms with Crippen LogP contribution >= 0.6 is 0 Å². The normalized spacial score (nSPS) is 23.1. The van der Waals surface area contributed by atoms with Crippen LogP contribution in [0.25, 0.3) is 0 Å². The van der Waals surface area contributed by atoms with Crippen molar-refractivity contribution < 1.29 is 31.1 Å². The summed E-state index contributed by atoms with van der Waals surface area (Å²) in [6.45, 7) is 4.97. The molecule has 0 amide bonds. The summed E-state index contributed by atoms with van der Waals surface area (Å²) in [6.07, 6.45) is -3.21. The standard InChI is InChI=1S/C28H32F6N2O/c29-27(30,31)20-14-19(15-21(16-20)28(32,33)34)25-18-36-12-4-6-26(36)24-17-22(7-8-23(24)25)37-13-5-11-35-9-2-1-3-10-35/h7-8,14-17,25-26H,1-6,9-13,18H2/t25-,26+/m1/s1. The first-order chi connectivity index (χ1) is 17.6. The second-order valence-corrected chi connectivity index (χ2v) is 10.4. The molecule has 0 aromatic heterocycles. The van der Waals surface area contributed by atoms with Gasteiger partial charge in [0.2, 0.25) is 0 Å². The largest absolute Gasteiger partial charge is 0.494 e. The highest BCUT2D eigenvalue weighted by Crippen LogP contribution is 2.47. The molecule has 0 radical (unpaired) electrons. The zero-order valence-electron chi connectivity index (χ0n) is 20.7. The zero-order valence-corrected chi connectivity index (χ0v) is 20.7. The van der Waals surface area contributed by atoms with Crippen LogP contribution in [-0.2, 0) is 12.4 Å². The van der Waals surface area contributed by atoms with Gasteiger partial charge in [-0.1, -0.05) is 12.5 Å². The molecular weight excluding hydrogens is 494 g/mol. The number of likely N-dealkylation sites (tertiary alicyclic amines) is 1. The minimum absolute atomic E-state index is 0.0453. The van der Waals surface area contributed by atoms with Gasteiger partial charge in [-0.25, -0.2) is 0 Å². The molecule has 2 aromatic carbocycles. The Morgan fingerprint density at radius 2 is 1.49 bits per heavy atom. The molecule has 0 saturated carbocycles. The van der Waals surface area contributed by atoms with Crippen LogP contribution in [0.5, 0.6) is 5.75 Å². The molecule has 2 atom stereocenters. The maximum atomic E-state index is 13.5. The number of alkyl halides is 6. The van der Waals surface area contributed by atoms with Crippen LogP contribution in [0.3, 0.4) is 0 Å². The van der Waals surface area contributed by atoms with E-state index in [9.17, 15) is 26.3 Å². The number of piperidine rings is 1. The highest BCUT2D eigenvalue weighted by molar-refractivity contribution is 5.48. The van der Waals surface area contributed by atoms with Gasteiger partial charge in [-0.3, -0.25) is 4.90 Å². The molecule has 3 nitrogen and oxygen atoms in total. The van der Waals surface area contributed by atoms with Gasteiger partial charge in [0.1, 0.15) is 5.75 Å². The lowest BCUT2D eigenvalue weighted by atomic mass is 9.80. The average Bonchev–Trinajstić information content (AvgIpc) is 3.34. The van der Waals surface area contributed by atoms with E-state index in [0.29, 0.717) is 18.9 Å². The van der Waals surface area contributed by atoms with Crippen molar-refractivity contribution in [3.8, 4) is 5.75 Å². The molecular formula is C28H32F6N2O. The van der Waals surface area contributed by atoms with E-state index in [1.807, 2.05) is 12.1 Å². The maximum Gasteiger partial charge on any atom is 0.416 e. The minimum atomic E-state index is -4.87. The quantitative estimate of drug-likeness (QED) is 0.291. The van der Waals surface area contributed by atoms with E-state index in [2.05, 4.69) is 9.80 Å². The molecule has 3 heterocycles. The van der Waals surface area contributed by atoms with Crippen molar-refractivity contribution in [3.63, 3.8) is 0 Å². The molecule has 2 saturated heterocycles. The fourth-order valence-electron chi connectivity index (χ4n) is 6.10. The first-order valence-electron chi connectivity index (χ1n) is 13.1. The van der Waals surface area contributed by atoms with Crippen LogP contribution in [0, 0.1) is 0 Å². The van der Waals surface area contributed by atoms with Crippen LogP contribution in [-0.4, -0.2) is 49.1 Å². The third-order valence-corrected chi connectivity index (χ3v) is 7.92. The van der Waals surface area contributed by atoms with Gasteiger partial charge in [0.25, 0.3) is 0 Å². The van der Waals surface area contributed by atoms with Crippen molar-refractivity contribution in [1.82, 2.24) is 9.80 Å². The molecule has 0 unspecified atom stereocenters. The average molecular weight is 527 g/mol. The smallest absolute Gasteiger partial charge is 0.416 e. The maximum absolute atomic E-state index is 13.5. The van der Waals surface area contributed by atoms with Crippen LogP contribution in [0.2, 0.25) is 0 Å². The lowest BCUT2D eigenvalue weighted by Crippen LogP contribution is -2.34. The number of halogens is 6. The number of benzene rings is 2. The molecule has 5 rings (SSSR count). The molecule has 202 valence electrons. The second kappa shape index (κ2) is 10.5. The molecule has 0 spiro atoms. The lowest BCUT2D eigenvalue weighted by molar-refractivity contribution is -0.143. The Kier molecular flexibility index (Phi) is 7.47. The van der Waals surface area contributed by atoms with Crippen LogP contribution in [0.15, 0.2) is 36.4 Å². The Morgan fingerprint density at radius 3 is 2.16 bits per heavy atom. The first-order valence-corrected chi connectivity index (χ1v) is 13.1. The Hall–Kier alpha value is -2.26. The fourth-order valence-corrected chi connectivity index (χ4v) is 6.10. The van der Waals surface area contributed by atoms with E-state index in [0.717, 1.165) is 68.7 Å². The summed E-state index contributed by atoms with van der Waals surface area (Å²) in [5, 5.41) is 0. The molecule has 0 N–H and O–H groups in total. The molecule has 3 aliphatic heterocycles. The van der Waals surface area contributed by atoms with E-state index in [1.54, 1.807) is 6.07 Å². The van der Waals surface area contributed by atoms with E-state index >= 15 is 0 Å². The van der Waals surface area contributed by atoms with E-state index in [4.69, 9.17) is 4.74 Å². The number of hydrogen-bond acceptors (Lipinski definition) is 3. The number of ether oxygens (including phenoxy) is 1. The third kappa shape index (κ3) is 5.93.